The maximum Gasteiger partial charge on any atom is 0.407 e. The highest BCUT2D eigenvalue weighted by molar-refractivity contribution is 5.94. The van der Waals surface area contributed by atoms with Crippen LogP contribution in [0.3, 0.4) is 0 Å². The number of halogens is 2. The van der Waals surface area contributed by atoms with Crippen molar-refractivity contribution < 1.29 is 32.4 Å². The third kappa shape index (κ3) is 7.76. The second-order valence-electron chi connectivity index (χ2n) is 13.9. The smallest absolute Gasteiger partial charge is 0.407 e. The average molecular weight is 683 g/mol. The van der Waals surface area contributed by atoms with Crippen LogP contribution in [-0.4, -0.2) is 94.0 Å². The van der Waals surface area contributed by atoms with E-state index in [2.05, 4.69) is 25.4 Å². The van der Waals surface area contributed by atoms with Crippen LogP contribution in [0.1, 0.15) is 92.7 Å². The van der Waals surface area contributed by atoms with Gasteiger partial charge in [-0.2, -0.15) is 4.98 Å². The van der Waals surface area contributed by atoms with Crippen molar-refractivity contribution in [1.29, 1.82) is 0 Å². The number of alkyl carbamates (subject to hydrolysis) is 1. The summed E-state index contributed by atoms with van der Waals surface area (Å²) in [5, 5.41) is 6.98. The standard InChI is InChI=1S/C34H44F2N8O5/c1-6-44(22-9-11-42(12-10-22)32-40-29(41-49-32)28-8-7-13-47-28)30(45)21-16-37-31(38-17-21)43-18-24(23-14-20(2)25(35)15-26(23)36)27(19-43)39-33(46)48-34(3,4)5/h14-17,22,24,27-28H,6-13,18-19H2,1-5H3,(H,39,46)/t24-,27+,28+/m1/s1. The van der Waals surface area contributed by atoms with Crippen LogP contribution in [0.4, 0.5) is 25.5 Å². The predicted octanol–water partition coefficient (Wildman–Crippen LogP) is 4.93. The maximum atomic E-state index is 15.1. The Morgan fingerprint density at radius 1 is 1.06 bits per heavy atom. The minimum Gasteiger partial charge on any atom is -0.444 e. The van der Waals surface area contributed by atoms with Gasteiger partial charge in [-0.15, -0.1) is 0 Å². The molecule has 0 saturated carbocycles. The van der Waals surface area contributed by atoms with E-state index in [0.29, 0.717) is 55.2 Å². The van der Waals surface area contributed by atoms with Crippen molar-refractivity contribution in [3.63, 3.8) is 0 Å². The van der Waals surface area contributed by atoms with Gasteiger partial charge in [0, 0.05) is 69.8 Å². The Morgan fingerprint density at radius 2 is 1.80 bits per heavy atom. The quantitative estimate of drug-likeness (QED) is 0.346. The summed E-state index contributed by atoms with van der Waals surface area (Å²) in [6, 6.07) is 2.26. The molecule has 1 aromatic carbocycles. The van der Waals surface area contributed by atoms with E-state index >= 15 is 4.39 Å². The fraction of sp³-hybridized carbons (Fsp3) is 0.588. The zero-order chi connectivity index (χ0) is 34.9. The molecule has 49 heavy (non-hydrogen) atoms. The van der Waals surface area contributed by atoms with Crippen molar-refractivity contribution in [2.45, 2.75) is 90.0 Å². The summed E-state index contributed by atoms with van der Waals surface area (Å²) < 4.78 is 45.8. The molecular weight excluding hydrogens is 638 g/mol. The zero-order valence-corrected chi connectivity index (χ0v) is 28.6. The number of benzene rings is 1. The highest BCUT2D eigenvalue weighted by atomic mass is 19.1. The molecule has 5 heterocycles. The van der Waals surface area contributed by atoms with E-state index in [1.807, 2.05) is 21.6 Å². The number of aryl methyl sites for hydroxylation is 1. The van der Waals surface area contributed by atoms with E-state index in [1.54, 1.807) is 27.7 Å². The van der Waals surface area contributed by atoms with E-state index in [4.69, 9.17) is 14.0 Å². The van der Waals surface area contributed by atoms with Crippen LogP contribution in [0.15, 0.2) is 29.0 Å². The predicted molar refractivity (Wildman–Crippen MR) is 175 cm³/mol. The molecule has 3 atom stereocenters. The summed E-state index contributed by atoms with van der Waals surface area (Å²) in [6.07, 6.45) is 5.59. The van der Waals surface area contributed by atoms with Crippen LogP contribution in [-0.2, 0) is 9.47 Å². The number of anilines is 2. The van der Waals surface area contributed by atoms with Gasteiger partial charge < -0.3 is 34.0 Å². The molecule has 3 saturated heterocycles. The topological polar surface area (TPSA) is 139 Å². The number of ether oxygens (including phenoxy) is 2. The second kappa shape index (κ2) is 14.2. The Hall–Kier alpha value is -4.40. The Bertz CT molecular complexity index is 1630. The van der Waals surface area contributed by atoms with Gasteiger partial charge in [0.05, 0.1) is 11.6 Å². The van der Waals surface area contributed by atoms with E-state index < -0.39 is 35.3 Å². The van der Waals surface area contributed by atoms with Crippen LogP contribution in [0.5, 0.6) is 0 Å². The van der Waals surface area contributed by atoms with Crippen LogP contribution >= 0.6 is 0 Å². The van der Waals surface area contributed by atoms with Gasteiger partial charge in [-0.05, 0) is 77.5 Å². The third-order valence-corrected chi connectivity index (χ3v) is 9.29. The van der Waals surface area contributed by atoms with Crippen molar-refractivity contribution in [1.82, 2.24) is 30.3 Å². The molecule has 3 aromatic rings. The number of carbonyl (C=O) groups excluding carboxylic acids is 2. The molecule has 6 rings (SSSR count). The molecule has 0 aliphatic carbocycles. The number of hydrogen-bond acceptors (Lipinski definition) is 11. The number of hydrogen-bond donors (Lipinski definition) is 1. The molecule has 0 bridgehead atoms. The van der Waals surface area contributed by atoms with Crippen molar-refractivity contribution >= 4 is 24.0 Å². The van der Waals surface area contributed by atoms with Gasteiger partial charge in [-0.3, -0.25) is 4.79 Å². The third-order valence-electron chi connectivity index (χ3n) is 9.29. The Kier molecular flexibility index (Phi) is 10.00. The maximum absolute atomic E-state index is 15.1. The minimum atomic E-state index is -0.729. The molecule has 3 aliphatic heterocycles. The number of rotatable bonds is 8. The monoisotopic (exact) mass is 682 g/mol. The van der Waals surface area contributed by atoms with Crippen LogP contribution < -0.4 is 15.1 Å². The first-order valence-corrected chi connectivity index (χ1v) is 16.9. The highest BCUT2D eigenvalue weighted by Crippen LogP contribution is 2.33. The lowest BCUT2D eigenvalue weighted by Crippen LogP contribution is -2.47. The number of amides is 2. The summed E-state index contributed by atoms with van der Waals surface area (Å²) >= 11 is 0. The van der Waals surface area contributed by atoms with E-state index in [1.165, 1.54) is 18.5 Å². The lowest BCUT2D eigenvalue weighted by Gasteiger charge is -2.37. The van der Waals surface area contributed by atoms with Crippen molar-refractivity contribution in [3.05, 3.63) is 58.7 Å². The number of nitrogens with zero attached hydrogens (tertiary/aromatic N) is 7. The van der Waals surface area contributed by atoms with Gasteiger partial charge in [-0.1, -0.05) is 5.16 Å². The van der Waals surface area contributed by atoms with Gasteiger partial charge in [0.1, 0.15) is 23.3 Å². The molecule has 0 spiro atoms. The number of carbonyl (C=O) groups is 2. The number of piperidine rings is 1. The van der Waals surface area contributed by atoms with E-state index in [-0.39, 0.29) is 36.7 Å². The summed E-state index contributed by atoms with van der Waals surface area (Å²) in [5.74, 6) is -1.13. The van der Waals surface area contributed by atoms with Crippen molar-refractivity contribution in [2.24, 2.45) is 0 Å². The first kappa shape index (κ1) is 34.5. The van der Waals surface area contributed by atoms with Crippen LogP contribution in [0, 0.1) is 18.6 Å². The molecule has 2 aromatic heterocycles. The number of nitrogens with one attached hydrogen (secondary N) is 1. The van der Waals surface area contributed by atoms with E-state index in [0.717, 1.165) is 31.7 Å². The highest BCUT2D eigenvalue weighted by Gasteiger charge is 2.39. The van der Waals surface area contributed by atoms with Gasteiger partial charge in [0.2, 0.25) is 11.8 Å². The average Bonchev–Trinajstić information content (AvgIpc) is 3.85. The lowest BCUT2D eigenvalue weighted by molar-refractivity contribution is 0.0504. The molecule has 13 nitrogen and oxygen atoms in total. The molecule has 3 fully saturated rings. The van der Waals surface area contributed by atoms with Crippen LogP contribution in [0.2, 0.25) is 0 Å². The second-order valence-corrected chi connectivity index (χ2v) is 13.9. The first-order chi connectivity index (χ1) is 23.4. The fourth-order valence-electron chi connectivity index (χ4n) is 6.82. The SMILES string of the molecule is CCN(C(=O)c1cnc(N2C[C@H](NC(=O)OC(C)(C)C)[C@@H](c3cc(C)c(F)cc3F)C2)nc1)C1CCN(c2nc([C@@H]3CCCO3)no2)CC1. The Morgan fingerprint density at radius 3 is 2.45 bits per heavy atom. The molecule has 2 amide bonds. The summed E-state index contributed by atoms with van der Waals surface area (Å²) in [4.78, 5) is 45.7. The largest absolute Gasteiger partial charge is 0.444 e. The molecular formula is C34H44F2N8O5. The van der Waals surface area contributed by atoms with Crippen LogP contribution in [0.25, 0.3) is 0 Å². The van der Waals surface area contributed by atoms with Crippen molar-refractivity contribution in [3.8, 4) is 0 Å². The number of aromatic nitrogens is 4. The zero-order valence-electron chi connectivity index (χ0n) is 28.6. The normalized spacial score (nSPS) is 21.7. The molecule has 3 aliphatic rings. The molecule has 15 heteroatoms. The Balaban J connectivity index is 1.11. The summed E-state index contributed by atoms with van der Waals surface area (Å²) in [5.41, 5.74) is 0.202. The van der Waals surface area contributed by atoms with Gasteiger partial charge in [-0.25, -0.2) is 23.5 Å². The van der Waals surface area contributed by atoms with Gasteiger partial charge in [0.25, 0.3) is 5.91 Å². The fourth-order valence-corrected chi connectivity index (χ4v) is 6.82. The van der Waals surface area contributed by atoms with E-state index in [9.17, 15) is 14.0 Å². The Labute approximate surface area is 284 Å². The summed E-state index contributed by atoms with van der Waals surface area (Å²) in [6.45, 7) is 11.8. The molecule has 0 unspecified atom stereocenters. The van der Waals surface area contributed by atoms with Gasteiger partial charge >= 0.3 is 12.1 Å². The molecule has 264 valence electrons. The summed E-state index contributed by atoms with van der Waals surface area (Å²) in [7, 11) is 0. The first-order valence-electron chi connectivity index (χ1n) is 16.9. The minimum absolute atomic E-state index is 0.0158. The molecule has 0 radical (unpaired) electrons. The van der Waals surface area contributed by atoms with Crippen molar-refractivity contribution in [2.75, 3.05) is 49.1 Å². The lowest BCUT2D eigenvalue weighted by atomic mass is 9.92. The molecule has 1 N–H and O–H groups in total. The van der Waals surface area contributed by atoms with Gasteiger partial charge in [0.15, 0.2) is 0 Å².